The molecule has 0 radical (unpaired) electrons. The van der Waals surface area contributed by atoms with Gasteiger partial charge in [-0.3, -0.25) is 4.79 Å². The van der Waals surface area contributed by atoms with Crippen molar-refractivity contribution in [1.29, 1.82) is 0 Å². The highest BCUT2D eigenvalue weighted by atomic mass is 79.9. The number of hydrogen-bond acceptors (Lipinski definition) is 2. The molecule has 0 aliphatic carbocycles. The SMILES string of the molecule is O=C(Cl)c1cc(Cl)c(OCc2cccc(Br)c2)c(Cl)c1. The van der Waals surface area contributed by atoms with Crippen LogP contribution in [0.25, 0.3) is 0 Å². The Morgan fingerprint density at radius 3 is 2.35 bits per heavy atom. The first-order valence-electron chi connectivity index (χ1n) is 5.53. The minimum Gasteiger partial charge on any atom is -0.486 e. The molecule has 0 atom stereocenters. The van der Waals surface area contributed by atoms with Crippen LogP contribution in [0, 0.1) is 0 Å². The molecule has 0 saturated carbocycles. The largest absolute Gasteiger partial charge is 0.486 e. The summed E-state index contributed by atoms with van der Waals surface area (Å²) < 4.78 is 6.56. The second kappa shape index (κ2) is 6.81. The van der Waals surface area contributed by atoms with Crippen molar-refractivity contribution in [3.8, 4) is 5.75 Å². The molecule has 2 rings (SSSR count). The molecule has 0 unspecified atom stereocenters. The predicted molar refractivity (Wildman–Crippen MR) is 85.1 cm³/mol. The summed E-state index contributed by atoms with van der Waals surface area (Å²) >= 11 is 20.9. The van der Waals surface area contributed by atoms with Gasteiger partial charge in [0.05, 0.1) is 10.0 Å². The van der Waals surface area contributed by atoms with E-state index >= 15 is 0 Å². The van der Waals surface area contributed by atoms with Gasteiger partial charge in [-0.1, -0.05) is 51.3 Å². The van der Waals surface area contributed by atoms with Crippen LogP contribution in [0.1, 0.15) is 15.9 Å². The van der Waals surface area contributed by atoms with Gasteiger partial charge in [0.25, 0.3) is 5.24 Å². The molecular formula is C14H8BrCl3O2. The minimum atomic E-state index is -0.618. The van der Waals surface area contributed by atoms with E-state index in [1.165, 1.54) is 12.1 Å². The van der Waals surface area contributed by atoms with Crippen LogP contribution in [0.5, 0.6) is 5.75 Å². The van der Waals surface area contributed by atoms with E-state index in [2.05, 4.69) is 15.9 Å². The number of rotatable bonds is 4. The number of carbonyl (C=O) groups excluding carboxylic acids is 1. The van der Waals surface area contributed by atoms with Crippen molar-refractivity contribution in [3.05, 3.63) is 62.0 Å². The molecule has 2 aromatic carbocycles. The molecule has 0 spiro atoms. The third-order valence-electron chi connectivity index (χ3n) is 2.50. The van der Waals surface area contributed by atoms with Crippen molar-refractivity contribution in [1.82, 2.24) is 0 Å². The number of benzene rings is 2. The molecule has 0 aromatic heterocycles. The van der Waals surface area contributed by atoms with Gasteiger partial charge >= 0.3 is 0 Å². The van der Waals surface area contributed by atoms with Gasteiger partial charge in [0, 0.05) is 10.0 Å². The fraction of sp³-hybridized carbons (Fsp3) is 0.0714. The van der Waals surface area contributed by atoms with Gasteiger partial charge < -0.3 is 4.74 Å². The molecule has 0 N–H and O–H groups in total. The first-order valence-corrected chi connectivity index (χ1v) is 7.46. The average Bonchev–Trinajstić information content (AvgIpc) is 2.37. The van der Waals surface area contributed by atoms with Crippen LogP contribution in [0.4, 0.5) is 0 Å². The summed E-state index contributed by atoms with van der Waals surface area (Å²) in [7, 11) is 0. The Morgan fingerprint density at radius 1 is 1.15 bits per heavy atom. The molecule has 0 fully saturated rings. The summed E-state index contributed by atoms with van der Waals surface area (Å²) in [6.07, 6.45) is 0. The summed E-state index contributed by atoms with van der Waals surface area (Å²) in [4.78, 5) is 11.1. The fourth-order valence-electron chi connectivity index (χ4n) is 1.59. The zero-order chi connectivity index (χ0) is 14.7. The van der Waals surface area contributed by atoms with Crippen LogP contribution in [0.2, 0.25) is 10.0 Å². The minimum absolute atomic E-state index is 0.233. The van der Waals surface area contributed by atoms with E-state index in [-0.39, 0.29) is 15.6 Å². The Balaban J connectivity index is 2.20. The van der Waals surface area contributed by atoms with Crippen molar-refractivity contribution in [3.63, 3.8) is 0 Å². The molecule has 6 heteroatoms. The fourth-order valence-corrected chi connectivity index (χ4v) is 2.75. The maximum Gasteiger partial charge on any atom is 0.252 e. The van der Waals surface area contributed by atoms with Crippen LogP contribution in [0.15, 0.2) is 40.9 Å². The van der Waals surface area contributed by atoms with E-state index in [4.69, 9.17) is 39.5 Å². The Hall–Kier alpha value is -0.740. The highest BCUT2D eigenvalue weighted by molar-refractivity contribution is 9.10. The molecule has 0 amide bonds. The van der Waals surface area contributed by atoms with Crippen LogP contribution in [0.3, 0.4) is 0 Å². The quantitative estimate of drug-likeness (QED) is 0.621. The summed E-state index contributed by atoms with van der Waals surface area (Å²) in [6, 6.07) is 10.5. The predicted octanol–water partition coefficient (Wildman–Crippen LogP) is 5.71. The Labute approximate surface area is 139 Å². The van der Waals surface area contributed by atoms with Crippen molar-refractivity contribution in [2.75, 3.05) is 0 Å². The van der Waals surface area contributed by atoms with E-state index < -0.39 is 5.24 Å². The van der Waals surface area contributed by atoms with Gasteiger partial charge in [0.1, 0.15) is 6.61 Å². The smallest absolute Gasteiger partial charge is 0.252 e. The highest BCUT2D eigenvalue weighted by Gasteiger charge is 2.13. The molecule has 0 heterocycles. The second-order valence-electron chi connectivity index (χ2n) is 3.96. The van der Waals surface area contributed by atoms with Gasteiger partial charge in [0.2, 0.25) is 0 Å². The van der Waals surface area contributed by atoms with E-state index in [9.17, 15) is 4.79 Å². The molecule has 20 heavy (non-hydrogen) atoms. The first-order chi connectivity index (χ1) is 9.47. The van der Waals surface area contributed by atoms with Crippen LogP contribution >= 0.6 is 50.7 Å². The van der Waals surface area contributed by atoms with Gasteiger partial charge in [-0.05, 0) is 41.4 Å². The summed E-state index contributed by atoms with van der Waals surface area (Å²) in [5.41, 5.74) is 1.19. The Morgan fingerprint density at radius 2 is 1.80 bits per heavy atom. The van der Waals surface area contributed by atoms with E-state index in [0.717, 1.165) is 10.0 Å². The maximum atomic E-state index is 11.1. The lowest BCUT2D eigenvalue weighted by Crippen LogP contribution is -1.98. The molecule has 0 bridgehead atoms. The third kappa shape index (κ3) is 3.89. The van der Waals surface area contributed by atoms with Crippen LogP contribution in [-0.2, 0) is 6.61 Å². The zero-order valence-electron chi connectivity index (χ0n) is 10.00. The van der Waals surface area contributed by atoms with Crippen LogP contribution in [-0.4, -0.2) is 5.24 Å². The first kappa shape index (κ1) is 15.6. The monoisotopic (exact) mass is 392 g/mol. The van der Waals surface area contributed by atoms with Crippen molar-refractivity contribution >= 4 is 56.0 Å². The van der Waals surface area contributed by atoms with E-state index in [1.54, 1.807) is 0 Å². The molecule has 0 aliphatic rings. The van der Waals surface area contributed by atoms with E-state index in [0.29, 0.717) is 12.4 Å². The normalized spacial score (nSPS) is 10.4. The summed E-state index contributed by atoms with van der Waals surface area (Å²) in [6.45, 7) is 0.313. The second-order valence-corrected chi connectivity index (χ2v) is 6.03. The molecule has 0 aliphatic heterocycles. The lowest BCUT2D eigenvalue weighted by atomic mass is 10.2. The Bertz CT molecular complexity index is 636. The standard InChI is InChI=1S/C14H8BrCl3O2/c15-10-3-1-2-8(4-10)7-20-13-11(16)5-9(14(18)19)6-12(13)17/h1-6H,7H2. The van der Waals surface area contributed by atoms with Crippen molar-refractivity contribution < 1.29 is 9.53 Å². The van der Waals surface area contributed by atoms with Crippen LogP contribution < -0.4 is 4.74 Å². The molecular weight excluding hydrogens is 386 g/mol. The number of ether oxygens (including phenoxy) is 1. The van der Waals surface area contributed by atoms with Gasteiger partial charge in [0.15, 0.2) is 5.75 Å². The number of carbonyl (C=O) groups is 1. The zero-order valence-corrected chi connectivity index (χ0v) is 13.9. The average molecular weight is 394 g/mol. The topological polar surface area (TPSA) is 26.3 Å². The third-order valence-corrected chi connectivity index (χ3v) is 3.77. The van der Waals surface area contributed by atoms with Gasteiger partial charge in [-0.2, -0.15) is 0 Å². The molecule has 0 saturated heterocycles. The number of hydrogen-bond donors (Lipinski definition) is 0. The van der Waals surface area contributed by atoms with Gasteiger partial charge in [-0.25, -0.2) is 0 Å². The van der Waals surface area contributed by atoms with E-state index in [1.807, 2.05) is 24.3 Å². The number of halogens is 4. The molecule has 104 valence electrons. The highest BCUT2D eigenvalue weighted by Crippen LogP contribution is 2.35. The summed E-state index contributed by atoms with van der Waals surface area (Å²) in [5, 5.41) is -0.125. The lowest BCUT2D eigenvalue weighted by molar-refractivity contribution is 0.108. The maximum absolute atomic E-state index is 11.1. The molecule has 2 aromatic rings. The van der Waals surface area contributed by atoms with Crippen molar-refractivity contribution in [2.45, 2.75) is 6.61 Å². The molecule has 2 nitrogen and oxygen atoms in total. The van der Waals surface area contributed by atoms with Gasteiger partial charge in [-0.15, -0.1) is 0 Å². The summed E-state index contributed by atoms with van der Waals surface area (Å²) in [5.74, 6) is 0.329. The van der Waals surface area contributed by atoms with Crippen molar-refractivity contribution in [2.24, 2.45) is 0 Å². The lowest BCUT2D eigenvalue weighted by Gasteiger charge is -2.11. The Kier molecular flexibility index (Phi) is 5.33.